The second kappa shape index (κ2) is 4.92. The maximum absolute atomic E-state index is 10.7. The van der Waals surface area contributed by atoms with Gasteiger partial charge in [0.25, 0.3) is 5.69 Å². The lowest BCUT2D eigenvalue weighted by atomic mass is 10.2. The van der Waals surface area contributed by atoms with Gasteiger partial charge in [0.2, 0.25) is 0 Å². The number of hydrogen-bond acceptors (Lipinski definition) is 5. The fraction of sp³-hybridized carbons (Fsp3) is 0.417. The second-order valence-corrected chi connectivity index (χ2v) is 4.33. The number of nitro groups is 1. The van der Waals surface area contributed by atoms with E-state index in [2.05, 4.69) is 11.0 Å². The summed E-state index contributed by atoms with van der Waals surface area (Å²) in [6.07, 6.45) is 2.64. The molecule has 1 aliphatic rings. The van der Waals surface area contributed by atoms with Gasteiger partial charge in [0.05, 0.1) is 17.4 Å². The first-order valence-electron chi connectivity index (χ1n) is 5.81. The van der Waals surface area contributed by atoms with Crippen LogP contribution in [0.2, 0.25) is 0 Å². The summed E-state index contributed by atoms with van der Waals surface area (Å²) in [5.74, 6) is 0. The van der Waals surface area contributed by atoms with E-state index in [1.54, 1.807) is 12.1 Å². The van der Waals surface area contributed by atoms with E-state index in [1.165, 1.54) is 6.07 Å². The number of nitrogens with zero attached hydrogens (tertiary/aromatic N) is 3. The van der Waals surface area contributed by atoms with Gasteiger partial charge in [-0.1, -0.05) is 0 Å². The predicted octanol–water partition coefficient (Wildman–Crippen LogP) is 2.06. The van der Waals surface area contributed by atoms with Crippen LogP contribution in [0.1, 0.15) is 19.3 Å². The van der Waals surface area contributed by atoms with Crippen LogP contribution in [0.25, 0.3) is 0 Å². The molecule has 0 atom stereocenters. The quantitative estimate of drug-likeness (QED) is 0.487. The van der Waals surface area contributed by atoms with E-state index in [4.69, 9.17) is 11.0 Å². The number of nitrogen functional groups attached to an aromatic ring is 1. The average molecular weight is 246 g/mol. The Morgan fingerprint density at radius 1 is 1.56 bits per heavy atom. The number of nitro benzene ring substituents is 1. The Morgan fingerprint density at radius 2 is 2.28 bits per heavy atom. The Bertz CT molecular complexity index is 505. The highest BCUT2D eigenvalue weighted by atomic mass is 16.6. The van der Waals surface area contributed by atoms with E-state index in [0.717, 1.165) is 18.5 Å². The molecule has 2 rings (SSSR count). The van der Waals surface area contributed by atoms with Crippen LogP contribution in [-0.4, -0.2) is 17.5 Å². The van der Waals surface area contributed by atoms with Crippen molar-refractivity contribution < 1.29 is 4.92 Å². The monoisotopic (exact) mass is 246 g/mol. The number of rotatable bonds is 5. The van der Waals surface area contributed by atoms with Crippen LogP contribution >= 0.6 is 0 Å². The third-order valence-electron chi connectivity index (χ3n) is 2.99. The van der Waals surface area contributed by atoms with Crippen LogP contribution in [0.5, 0.6) is 0 Å². The Balaban J connectivity index is 2.23. The molecule has 18 heavy (non-hydrogen) atoms. The van der Waals surface area contributed by atoms with Gasteiger partial charge in [-0.05, 0) is 25.0 Å². The normalized spacial score (nSPS) is 13.9. The first-order valence-corrected chi connectivity index (χ1v) is 5.81. The third-order valence-corrected chi connectivity index (χ3v) is 2.99. The van der Waals surface area contributed by atoms with Crippen LogP contribution < -0.4 is 10.6 Å². The maximum Gasteiger partial charge on any atom is 0.292 e. The molecule has 1 aromatic rings. The molecule has 1 saturated carbocycles. The van der Waals surface area contributed by atoms with E-state index in [0.29, 0.717) is 19.0 Å². The second-order valence-electron chi connectivity index (χ2n) is 4.33. The minimum Gasteiger partial charge on any atom is -0.393 e. The predicted molar refractivity (Wildman–Crippen MR) is 68.1 cm³/mol. The minimum absolute atomic E-state index is 0.0743. The summed E-state index contributed by atoms with van der Waals surface area (Å²) < 4.78 is 0. The summed E-state index contributed by atoms with van der Waals surface area (Å²) in [6, 6.07) is 7.30. The summed E-state index contributed by atoms with van der Waals surface area (Å²) in [5.41, 5.74) is 6.63. The van der Waals surface area contributed by atoms with Gasteiger partial charge in [0, 0.05) is 24.3 Å². The molecule has 1 aliphatic carbocycles. The number of hydrogen-bond donors (Lipinski definition) is 1. The maximum atomic E-state index is 10.7. The molecular formula is C12H14N4O2. The summed E-state index contributed by atoms with van der Waals surface area (Å²) in [5, 5.41) is 19.3. The lowest BCUT2D eigenvalue weighted by Gasteiger charge is -2.23. The first kappa shape index (κ1) is 12.2. The molecule has 1 aromatic carbocycles. The SMILES string of the molecule is N#CCCN(c1ccc([N+](=O)[O-])c(N)c1)C1CC1. The summed E-state index contributed by atoms with van der Waals surface area (Å²) in [6.45, 7) is 0.637. The van der Waals surface area contributed by atoms with Gasteiger partial charge in [-0.3, -0.25) is 10.1 Å². The molecule has 94 valence electrons. The molecule has 1 fully saturated rings. The largest absolute Gasteiger partial charge is 0.393 e. The van der Waals surface area contributed by atoms with Crippen molar-refractivity contribution in [3.05, 3.63) is 28.3 Å². The number of nitriles is 1. The van der Waals surface area contributed by atoms with Gasteiger partial charge in [-0.25, -0.2) is 0 Å². The lowest BCUT2D eigenvalue weighted by Crippen LogP contribution is -2.26. The van der Waals surface area contributed by atoms with Gasteiger partial charge in [-0.2, -0.15) is 5.26 Å². The zero-order chi connectivity index (χ0) is 13.1. The molecule has 0 radical (unpaired) electrons. The van der Waals surface area contributed by atoms with Crippen molar-refractivity contribution in [2.75, 3.05) is 17.2 Å². The molecular weight excluding hydrogens is 232 g/mol. The lowest BCUT2D eigenvalue weighted by molar-refractivity contribution is -0.383. The molecule has 6 nitrogen and oxygen atoms in total. The number of nitrogens with two attached hydrogens (primary N) is 1. The van der Waals surface area contributed by atoms with Crippen LogP contribution in [0.3, 0.4) is 0 Å². The van der Waals surface area contributed by atoms with Crippen molar-refractivity contribution in [3.63, 3.8) is 0 Å². The van der Waals surface area contributed by atoms with Crippen molar-refractivity contribution in [2.24, 2.45) is 0 Å². The summed E-state index contributed by atoms with van der Waals surface area (Å²) in [7, 11) is 0. The van der Waals surface area contributed by atoms with Crippen LogP contribution in [0.4, 0.5) is 17.1 Å². The summed E-state index contributed by atoms with van der Waals surface area (Å²) in [4.78, 5) is 12.3. The van der Waals surface area contributed by atoms with Crippen LogP contribution in [-0.2, 0) is 0 Å². The van der Waals surface area contributed by atoms with Crippen molar-refractivity contribution in [1.82, 2.24) is 0 Å². The van der Waals surface area contributed by atoms with Crippen molar-refractivity contribution >= 4 is 17.1 Å². The van der Waals surface area contributed by atoms with E-state index in [-0.39, 0.29) is 11.4 Å². The average Bonchev–Trinajstić information content (AvgIpc) is 3.13. The topological polar surface area (TPSA) is 96.2 Å². The van der Waals surface area contributed by atoms with E-state index in [1.807, 2.05) is 0 Å². The zero-order valence-electron chi connectivity index (χ0n) is 9.87. The van der Waals surface area contributed by atoms with Gasteiger partial charge in [0.15, 0.2) is 0 Å². The zero-order valence-corrected chi connectivity index (χ0v) is 9.87. The van der Waals surface area contributed by atoms with Crippen molar-refractivity contribution in [1.29, 1.82) is 5.26 Å². The summed E-state index contributed by atoms with van der Waals surface area (Å²) >= 11 is 0. The van der Waals surface area contributed by atoms with Gasteiger partial charge >= 0.3 is 0 Å². The van der Waals surface area contributed by atoms with E-state index >= 15 is 0 Å². The van der Waals surface area contributed by atoms with Gasteiger partial charge in [-0.15, -0.1) is 0 Å². The molecule has 0 bridgehead atoms. The molecule has 0 aliphatic heterocycles. The minimum atomic E-state index is -0.490. The molecule has 0 heterocycles. The Labute approximate surface area is 105 Å². The highest BCUT2D eigenvalue weighted by molar-refractivity contribution is 5.67. The third kappa shape index (κ3) is 2.51. The van der Waals surface area contributed by atoms with Crippen molar-refractivity contribution in [2.45, 2.75) is 25.3 Å². The fourth-order valence-corrected chi connectivity index (χ4v) is 1.97. The Hall–Kier alpha value is -2.29. The Kier molecular flexibility index (Phi) is 3.33. The van der Waals surface area contributed by atoms with Crippen LogP contribution in [0.15, 0.2) is 18.2 Å². The van der Waals surface area contributed by atoms with Crippen LogP contribution in [0, 0.1) is 21.4 Å². The highest BCUT2D eigenvalue weighted by Gasteiger charge is 2.29. The smallest absolute Gasteiger partial charge is 0.292 e. The molecule has 6 heteroatoms. The molecule has 0 amide bonds. The first-order chi connectivity index (χ1) is 8.63. The number of anilines is 2. The van der Waals surface area contributed by atoms with Crippen molar-refractivity contribution in [3.8, 4) is 6.07 Å². The molecule has 0 unspecified atom stereocenters. The van der Waals surface area contributed by atoms with Gasteiger partial charge in [0.1, 0.15) is 5.69 Å². The molecule has 0 spiro atoms. The standard InChI is InChI=1S/C12H14N4O2/c13-6-1-7-15(9-2-3-9)10-4-5-12(16(17)18)11(14)8-10/h4-5,8-9H,1-3,7,14H2. The fourth-order valence-electron chi connectivity index (χ4n) is 1.97. The van der Waals surface area contributed by atoms with Gasteiger partial charge < -0.3 is 10.6 Å². The molecule has 2 N–H and O–H groups in total. The number of benzene rings is 1. The molecule has 0 saturated heterocycles. The van der Waals surface area contributed by atoms with E-state index in [9.17, 15) is 10.1 Å². The Morgan fingerprint density at radius 3 is 2.78 bits per heavy atom. The highest BCUT2D eigenvalue weighted by Crippen LogP contribution is 2.34. The van der Waals surface area contributed by atoms with E-state index < -0.39 is 4.92 Å². The molecule has 0 aromatic heterocycles.